The molecule has 2 aliphatic carbocycles. The number of nitrogens with one attached hydrogen (secondary N) is 2. The van der Waals surface area contributed by atoms with Crippen LogP contribution in [0, 0.1) is 0 Å². The van der Waals surface area contributed by atoms with Gasteiger partial charge in [-0.05, 0) is 39.7 Å². The molecule has 0 aromatic rings. The SMILES string of the molecule is CN=C(NCC(C)N(C)C1CC1)NCC1(N2CCOCC2)CCCCC1.I. The zero-order valence-corrected chi connectivity index (χ0v) is 19.8. The summed E-state index contributed by atoms with van der Waals surface area (Å²) in [4.78, 5) is 9.65. The van der Waals surface area contributed by atoms with Crippen molar-refractivity contribution >= 4 is 29.9 Å². The van der Waals surface area contributed by atoms with E-state index >= 15 is 0 Å². The number of likely N-dealkylation sites (N-methyl/N-ethyl adjacent to an activating group) is 1. The minimum absolute atomic E-state index is 0. The van der Waals surface area contributed by atoms with E-state index in [0.717, 1.165) is 51.4 Å². The van der Waals surface area contributed by atoms with E-state index in [0.29, 0.717) is 6.04 Å². The second-order valence-electron chi connectivity index (χ2n) is 8.44. The van der Waals surface area contributed by atoms with Crippen LogP contribution in [0.15, 0.2) is 4.99 Å². The summed E-state index contributed by atoms with van der Waals surface area (Å²) in [6.07, 6.45) is 9.36. The number of morpholine rings is 1. The van der Waals surface area contributed by atoms with E-state index in [-0.39, 0.29) is 29.5 Å². The Morgan fingerprint density at radius 3 is 2.44 bits per heavy atom. The van der Waals surface area contributed by atoms with Crippen LogP contribution < -0.4 is 10.6 Å². The summed E-state index contributed by atoms with van der Waals surface area (Å²) in [5.41, 5.74) is 0.274. The second kappa shape index (κ2) is 11.2. The maximum absolute atomic E-state index is 5.59. The molecule has 2 N–H and O–H groups in total. The molecule has 1 heterocycles. The average Bonchev–Trinajstić information content (AvgIpc) is 3.54. The van der Waals surface area contributed by atoms with Crippen LogP contribution in [0.25, 0.3) is 0 Å². The molecule has 3 fully saturated rings. The van der Waals surface area contributed by atoms with Crippen molar-refractivity contribution in [3.63, 3.8) is 0 Å². The number of ether oxygens (including phenoxy) is 1. The molecule has 0 amide bonds. The van der Waals surface area contributed by atoms with Gasteiger partial charge in [-0.15, -0.1) is 24.0 Å². The zero-order chi connectivity index (χ0) is 18.4. The van der Waals surface area contributed by atoms with Crippen molar-refractivity contribution in [1.82, 2.24) is 20.4 Å². The van der Waals surface area contributed by atoms with Gasteiger partial charge in [0.2, 0.25) is 0 Å². The minimum Gasteiger partial charge on any atom is -0.379 e. The highest BCUT2D eigenvalue weighted by Crippen LogP contribution is 2.33. The van der Waals surface area contributed by atoms with E-state index in [1.165, 1.54) is 44.9 Å². The molecule has 1 saturated heterocycles. The number of hydrogen-bond donors (Lipinski definition) is 2. The fourth-order valence-electron chi connectivity index (χ4n) is 4.55. The lowest BCUT2D eigenvalue weighted by Gasteiger charge is -2.48. The third-order valence-corrected chi connectivity index (χ3v) is 6.66. The fraction of sp³-hybridized carbons (Fsp3) is 0.950. The highest BCUT2D eigenvalue weighted by Gasteiger charge is 2.38. The minimum atomic E-state index is 0. The van der Waals surface area contributed by atoms with E-state index in [1.54, 1.807) is 0 Å². The zero-order valence-electron chi connectivity index (χ0n) is 17.5. The van der Waals surface area contributed by atoms with Crippen LogP contribution in [-0.4, -0.2) is 86.9 Å². The van der Waals surface area contributed by atoms with Gasteiger partial charge in [-0.25, -0.2) is 0 Å². The van der Waals surface area contributed by atoms with Crippen LogP contribution in [0.5, 0.6) is 0 Å². The Balaban J connectivity index is 0.00000261. The Labute approximate surface area is 182 Å². The molecule has 1 unspecified atom stereocenters. The molecule has 1 aliphatic heterocycles. The average molecular weight is 493 g/mol. The lowest BCUT2D eigenvalue weighted by molar-refractivity contribution is -0.0352. The summed E-state index contributed by atoms with van der Waals surface area (Å²) in [7, 11) is 4.13. The van der Waals surface area contributed by atoms with Crippen LogP contribution in [-0.2, 0) is 4.74 Å². The topological polar surface area (TPSA) is 52.1 Å². The van der Waals surface area contributed by atoms with Crippen molar-refractivity contribution in [2.75, 3.05) is 53.5 Å². The van der Waals surface area contributed by atoms with Crippen LogP contribution in [0.4, 0.5) is 0 Å². The van der Waals surface area contributed by atoms with Gasteiger partial charge in [0.1, 0.15) is 0 Å². The molecule has 7 heteroatoms. The first kappa shape index (κ1) is 23.2. The van der Waals surface area contributed by atoms with E-state index in [2.05, 4.69) is 39.4 Å². The van der Waals surface area contributed by atoms with Crippen molar-refractivity contribution < 1.29 is 4.74 Å². The number of guanidine groups is 1. The molecular formula is C20H40IN5O. The fourth-order valence-corrected chi connectivity index (χ4v) is 4.55. The van der Waals surface area contributed by atoms with Crippen molar-refractivity contribution in [3.05, 3.63) is 0 Å². The largest absolute Gasteiger partial charge is 0.379 e. The molecule has 6 nitrogen and oxygen atoms in total. The van der Waals surface area contributed by atoms with Crippen LogP contribution >= 0.6 is 24.0 Å². The Hall–Kier alpha value is -0.120. The van der Waals surface area contributed by atoms with Gasteiger partial charge in [-0.2, -0.15) is 0 Å². The molecule has 2 saturated carbocycles. The number of halogens is 1. The Bertz CT molecular complexity index is 459. The van der Waals surface area contributed by atoms with Gasteiger partial charge >= 0.3 is 0 Å². The third kappa shape index (κ3) is 6.44. The van der Waals surface area contributed by atoms with Gasteiger partial charge in [0.25, 0.3) is 0 Å². The molecule has 3 rings (SSSR count). The molecule has 1 atom stereocenters. The molecule has 0 bridgehead atoms. The summed E-state index contributed by atoms with van der Waals surface area (Å²) in [6, 6.07) is 1.33. The van der Waals surface area contributed by atoms with E-state index in [1.807, 2.05) is 7.05 Å². The molecule has 0 aromatic carbocycles. The second-order valence-corrected chi connectivity index (χ2v) is 8.44. The Morgan fingerprint density at radius 1 is 1.19 bits per heavy atom. The van der Waals surface area contributed by atoms with Crippen molar-refractivity contribution in [1.29, 1.82) is 0 Å². The molecule has 3 aliphatic rings. The third-order valence-electron chi connectivity index (χ3n) is 6.66. The highest BCUT2D eigenvalue weighted by molar-refractivity contribution is 14.0. The van der Waals surface area contributed by atoms with Gasteiger partial charge < -0.3 is 15.4 Å². The molecule has 27 heavy (non-hydrogen) atoms. The number of rotatable bonds is 7. The standard InChI is InChI=1S/C20H39N5O.HI/c1-17(24(3)18-7-8-18)15-22-19(21-2)23-16-20(9-5-4-6-10-20)25-11-13-26-14-12-25;/h17-18H,4-16H2,1-3H3,(H2,21,22,23);1H. The first-order valence-electron chi connectivity index (χ1n) is 10.6. The highest BCUT2D eigenvalue weighted by atomic mass is 127. The van der Waals surface area contributed by atoms with E-state index < -0.39 is 0 Å². The van der Waals surface area contributed by atoms with Crippen molar-refractivity contribution in [3.8, 4) is 0 Å². The first-order chi connectivity index (χ1) is 12.6. The Kier molecular flexibility index (Phi) is 9.58. The van der Waals surface area contributed by atoms with E-state index in [4.69, 9.17) is 4.74 Å². The van der Waals surface area contributed by atoms with Gasteiger partial charge in [-0.1, -0.05) is 19.3 Å². The molecule has 0 aromatic heterocycles. The summed E-state index contributed by atoms with van der Waals surface area (Å²) < 4.78 is 5.59. The molecular weight excluding hydrogens is 453 g/mol. The number of aliphatic imine (C=N–C) groups is 1. The van der Waals surface area contributed by atoms with Gasteiger partial charge in [0.05, 0.1) is 13.2 Å². The quantitative estimate of drug-likeness (QED) is 0.324. The summed E-state index contributed by atoms with van der Waals surface area (Å²) in [6.45, 7) is 8.11. The normalized spacial score (nSPS) is 25.0. The summed E-state index contributed by atoms with van der Waals surface area (Å²) in [5, 5.41) is 7.20. The van der Waals surface area contributed by atoms with Gasteiger partial charge in [-0.3, -0.25) is 14.8 Å². The lowest BCUT2D eigenvalue weighted by atomic mass is 9.80. The number of hydrogen-bond acceptors (Lipinski definition) is 4. The first-order valence-corrected chi connectivity index (χ1v) is 10.6. The van der Waals surface area contributed by atoms with Gasteiger partial charge in [0, 0.05) is 50.8 Å². The smallest absolute Gasteiger partial charge is 0.191 e. The maximum atomic E-state index is 5.59. The molecule has 0 radical (unpaired) electrons. The van der Waals surface area contributed by atoms with Gasteiger partial charge in [0.15, 0.2) is 5.96 Å². The maximum Gasteiger partial charge on any atom is 0.191 e. The van der Waals surface area contributed by atoms with Crippen LogP contribution in [0.3, 0.4) is 0 Å². The Morgan fingerprint density at radius 2 is 1.85 bits per heavy atom. The van der Waals surface area contributed by atoms with Crippen LogP contribution in [0.2, 0.25) is 0 Å². The van der Waals surface area contributed by atoms with Crippen molar-refractivity contribution in [2.45, 2.75) is 69.5 Å². The van der Waals surface area contributed by atoms with E-state index in [9.17, 15) is 0 Å². The molecule has 158 valence electrons. The predicted molar refractivity (Wildman–Crippen MR) is 123 cm³/mol. The molecule has 0 spiro atoms. The summed E-state index contributed by atoms with van der Waals surface area (Å²) in [5.74, 6) is 0.944. The predicted octanol–water partition coefficient (Wildman–Crippen LogP) is 2.29. The number of nitrogens with zero attached hydrogens (tertiary/aromatic N) is 3. The van der Waals surface area contributed by atoms with Crippen LogP contribution in [0.1, 0.15) is 51.9 Å². The van der Waals surface area contributed by atoms with Crippen molar-refractivity contribution in [2.24, 2.45) is 4.99 Å². The summed E-state index contributed by atoms with van der Waals surface area (Å²) >= 11 is 0. The monoisotopic (exact) mass is 493 g/mol. The lowest BCUT2D eigenvalue weighted by Crippen LogP contribution is -2.60.